The highest BCUT2D eigenvalue weighted by Crippen LogP contribution is 2.25. The lowest BCUT2D eigenvalue weighted by Crippen LogP contribution is -2.22. The van der Waals surface area contributed by atoms with Crippen LogP contribution in [0, 0.1) is 11.3 Å². The van der Waals surface area contributed by atoms with Crippen molar-refractivity contribution >= 4 is 28.9 Å². The molecule has 0 fully saturated rings. The number of aromatic hydroxyl groups is 1. The number of guanidine groups is 1. The topological polar surface area (TPSA) is 158 Å². The van der Waals surface area contributed by atoms with Crippen molar-refractivity contribution in [2.45, 2.75) is 0 Å². The first-order valence-corrected chi connectivity index (χ1v) is 6.45. The second-order valence-corrected chi connectivity index (χ2v) is 4.65. The number of H-pyrrole nitrogens is 1. The van der Waals surface area contributed by atoms with Gasteiger partial charge in [-0.15, -0.1) is 5.10 Å². The Bertz CT molecular complexity index is 1080. The normalized spacial score (nSPS) is 11.1. The number of aromatic nitrogens is 2. The second-order valence-electron chi connectivity index (χ2n) is 4.65. The fourth-order valence-electron chi connectivity index (χ4n) is 2.31. The van der Waals surface area contributed by atoms with Crippen molar-refractivity contribution in [2.24, 2.45) is 21.7 Å². The number of nitrogens with two attached hydrogens (primary N) is 2. The standard InChI is InChI=1S/C14H11N7O2/c15-5-7-11(22)8(6-18-20-14(16)17)13(23)21-10-4-2-1-3-9(10)19-12(7)21/h1-4,6,19,22H,(H4,16,17,20)/b18-6+. The van der Waals surface area contributed by atoms with E-state index in [0.29, 0.717) is 11.0 Å². The van der Waals surface area contributed by atoms with Crippen LogP contribution in [0.2, 0.25) is 0 Å². The smallest absolute Gasteiger partial charge is 0.269 e. The summed E-state index contributed by atoms with van der Waals surface area (Å²) < 4.78 is 1.30. The van der Waals surface area contributed by atoms with Gasteiger partial charge < -0.3 is 21.6 Å². The fourth-order valence-corrected chi connectivity index (χ4v) is 2.31. The summed E-state index contributed by atoms with van der Waals surface area (Å²) in [5.74, 6) is -0.784. The SMILES string of the molecule is N#Cc1c(O)c(/C=N/N=C(N)N)c(=O)n2c1[nH]c1ccccc12. The Morgan fingerprint density at radius 2 is 2.13 bits per heavy atom. The Hall–Kier alpha value is -3.80. The maximum absolute atomic E-state index is 12.6. The number of pyridine rings is 1. The molecule has 0 saturated carbocycles. The van der Waals surface area contributed by atoms with Crippen LogP contribution in [0.25, 0.3) is 16.7 Å². The van der Waals surface area contributed by atoms with E-state index in [-0.39, 0.29) is 22.7 Å². The van der Waals surface area contributed by atoms with Gasteiger partial charge in [0.15, 0.2) is 5.75 Å². The lowest BCUT2D eigenvalue weighted by Gasteiger charge is -2.03. The highest BCUT2D eigenvalue weighted by molar-refractivity contribution is 5.90. The van der Waals surface area contributed by atoms with Gasteiger partial charge in [-0.2, -0.15) is 10.4 Å². The van der Waals surface area contributed by atoms with Crippen LogP contribution in [-0.4, -0.2) is 26.7 Å². The van der Waals surface area contributed by atoms with E-state index in [9.17, 15) is 15.2 Å². The Morgan fingerprint density at radius 3 is 2.83 bits per heavy atom. The molecule has 9 heteroatoms. The molecule has 0 bridgehead atoms. The summed E-state index contributed by atoms with van der Waals surface area (Å²) in [4.78, 5) is 15.6. The average Bonchev–Trinajstić information content (AvgIpc) is 2.90. The first-order valence-electron chi connectivity index (χ1n) is 6.45. The first kappa shape index (κ1) is 14.2. The predicted molar refractivity (Wildman–Crippen MR) is 85.3 cm³/mol. The van der Waals surface area contributed by atoms with Crippen LogP contribution in [0.4, 0.5) is 0 Å². The van der Waals surface area contributed by atoms with Crippen molar-refractivity contribution in [1.82, 2.24) is 9.38 Å². The highest BCUT2D eigenvalue weighted by Gasteiger charge is 2.19. The number of imidazole rings is 1. The molecule has 9 nitrogen and oxygen atoms in total. The minimum absolute atomic E-state index is 0.0769. The van der Waals surface area contributed by atoms with Crippen molar-refractivity contribution in [3.05, 3.63) is 45.7 Å². The number of nitrogens with zero attached hydrogens (tertiary/aromatic N) is 4. The number of hydrogen-bond acceptors (Lipinski definition) is 5. The zero-order valence-corrected chi connectivity index (χ0v) is 11.7. The van der Waals surface area contributed by atoms with Crippen molar-refractivity contribution in [3.8, 4) is 11.8 Å². The Balaban J connectivity index is 2.45. The number of para-hydroxylation sites is 2. The van der Waals surface area contributed by atoms with Gasteiger partial charge in [0.25, 0.3) is 5.56 Å². The lowest BCUT2D eigenvalue weighted by atomic mass is 10.2. The molecule has 3 aromatic rings. The van der Waals surface area contributed by atoms with Crippen LogP contribution in [0.15, 0.2) is 39.3 Å². The summed E-state index contributed by atoms with van der Waals surface area (Å²) in [6.07, 6.45) is 1.01. The van der Waals surface area contributed by atoms with Gasteiger partial charge in [-0.1, -0.05) is 12.1 Å². The minimum atomic E-state index is -0.552. The third kappa shape index (κ3) is 2.14. The Kier molecular flexibility index (Phi) is 3.19. The fraction of sp³-hybridized carbons (Fsp3) is 0. The van der Waals surface area contributed by atoms with Gasteiger partial charge in [-0.3, -0.25) is 9.20 Å². The molecule has 0 atom stereocenters. The molecular formula is C14H11N7O2. The zero-order chi connectivity index (χ0) is 16.6. The number of rotatable bonds is 2. The summed E-state index contributed by atoms with van der Waals surface area (Å²) in [5, 5.41) is 26.4. The molecule has 0 unspecified atom stereocenters. The maximum atomic E-state index is 12.6. The largest absolute Gasteiger partial charge is 0.506 e. The van der Waals surface area contributed by atoms with Crippen LogP contribution in [0.5, 0.6) is 5.75 Å². The summed E-state index contributed by atoms with van der Waals surface area (Å²) >= 11 is 0. The molecule has 0 amide bonds. The Labute approximate surface area is 128 Å². The van der Waals surface area contributed by atoms with Gasteiger partial charge in [0.05, 0.1) is 17.2 Å². The molecule has 0 radical (unpaired) electrons. The molecule has 1 aromatic carbocycles. The van der Waals surface area contributed by atoms with E-state index in [1.54, 1.807) is 24.3 Å². The van der Waals surface area contributed by atoms with Crippen LogP contribution >= 0.6 is 0 Å². The number of hydrogen-bond donors (Lipinski definition) is 4. The van der Waals surface area contributed by atoms with Gasteiger partial charge in [0.1, 0.15) is 22.8 Å². The molecule has 23 heavy (non-hydrogen) atoms. The van der Waals surface area contributed by atoms with E-state index >= 15 is 0 Å². The molecule has 114 valence electrons. The number of nitrogens with one attached hydrogen (secondary N) is 1. The van der Waals surface area contributed by atoms with Crippen molar-refractivity contribution < 1.29 is 5.11 Å². The van der Waals surface area contributed by atoms with Crippen LogP contribution in [0.3, 0.4) is 0 Å². The molecule has 0 aliphatic carbocycles. The first-order chi connectivity index (χ1) is 11.0. The predicted octanol–water partition coefficient (Wildman–Crippen LogP) is -0.0346. The van der Waals surface area contributed by atoms with E-state index in [1.807, 2.05) is 6.07 Å². The molecule has 2 aromatic heterocycles. The molecular weight excluding hydrogens is 298 g/mol. The summed E-state index contributed by atoms with van der Waals surface area (Å²) in [7, 11) is 0. The van der Waals surface area contributed by atoms with Crippen LogP contribution in [0.1, 0.15) is 11.1 Å². The molecule has 0 aliphatic rings. The molecule has 0 aliphatic heterocycles. The van der Waals surface area contributed by atoms with Crippen molar-refractivity contribution in [3.63, 3.8) is 0 Å². The molecule has 6 N–H and O–H groups in total. The third-order valence-electron chi connectivity index (χ3n) is 3.26. The number of benzene rings is 1. The molecule has 2 heterocycles. The van der Waals surface area contributed by atoms with Gasteiger partial charge in [0.2, 0.25) is 5.96 Å². The molecule has 0 saturated heterocycles. The van der Waals surface area contributed by atoms with Gasteiger partial charge in [0, 0.05) is 0 Å². The number of fused-ring (bicyclic) bond motifs is 3. The van der Waals surface area contributed by atoms with Gasteiger partial charge >= 0.3 is 0 Å². The summed E-state index contributed by atoms with van der Waals surface area (Å²) in [6.45, 7) is 0. The van der Waals surface area contributed by atoms with Gasteiger partial charge in [-0.25, -0.2) is 0 Å². The van der Waals surface area contributed by atoms with Crippen molar-refractivity contribution in [1.29, 1.82) is 5.26 Å². The van der Waals surface area contributed by atoms with E-state index in [1.165, 1.54) is 4.40 Å². The summed E-state index contributed by atoms with van der Waals surface area (Å²) in [5.41, 5.74) is 10.9. The van der Waals surface area contributed by atoms with E-state index in [2.05, 4.69) is 15.2 Å². The highest BCUT2D eigenvalue weighted by atomic mass is 16.3. The quantitative estimate of drug-likeness (QED) is 0.297. The minimum Gasteiger partial charge on any atom is -0.506 e. The maximum Gasteiger partial charge on any atom is 0.269 e. The summed E-state index contributed by atoms with van der Waals surface area (Å²) in [6, 6.07) is 8.90. The van der Waals surface area contributed by atoms with E-state index in [0.717, 1.165) is 6.21 Å². The van der Waals surface area contributed by atoms with Crippen molar-refractivity contribution in [2.75, 3.05) is 0 Å². The monoisotopic (exact) mass is 309 g/mol. The number of nitriles is 1. The van der Waals surface area contributed by atoms with Gasteiger partial charge in [-0.05, 0) is 12.1 Å². The third-order valence-corrected chi connectivity index (χ3v) is 3.26. The second kappa shape index (κ2) is 5.19. The van der Waals surface area contributed by atoms with E-state index in [4.69, 9.17) is 11.5 Å². The van der Waals surface area contributed by atoms with Crippen LogP contribution < -0.4 is 17.0 Å². The average molecular weight is 309 g/mol. The number of aromatic amines is 1. The van der Waals surface area contributed by atoms with E-state index < -0.39 is 11.3 Å². The lowest BCUT2D eigenvalue weighted by molar-refractivity contribution is 0.471. The molecule has 3 rings (SSSR count). The molecule has 0 spiro atoms. The zero-order valence-electron chi connectivity index (χ0n) is 11.7. The van der Waals surface area contributed by atoms with Crippen LogP contribution in [-0.2, 0) is 0 Å². The Morgan fingerprint density at radius 1 is 1.39 bits per heavy atom.